The molecule has 0 aliphatic carbocycles. The number of carbonyl (C=O) groups excluding carboxylic acids is 4. The van der Waals surface area contributed by atoms with E-state index in [1.807, 2.05) is 36.4 Å². The molecule has 0 spiro atoms. The molecule has 0 aromatic heterocycles. The van der Waals surface area contributed by atoms with Crippen molar-refractivity contribution in [1.29, 1.82) is 0 Å². The van der Waals surface area contributed by atoms with Crippen molar-refractivity contribution in [2.75, 3.05) is 13.2 Å². The smallest absolute Gasteiger partial charge is 0.303 e. The highest BCUT2D eigenvalue weighted by Crippen LogP contribution is 2.30. The Bertz CT molecular complexity index is 850. The fourth-order valence-corrected chi connectivity index (χ4v) is 3.22. The lowest BCUT2D eigenvalue weighted by molar-refractivity contribution is -0.305. The Hall–Kier alpha value is -3.24. The molecule has 0 amide bonds. The van der Waals surface area contributed by atoms with Crippen LogP contribution in [0.5, 0.6) is 0 Å². The number of ether oxygens (including phenoxy) is 6. The molecule has 1 heterocycles. The van der Waals surface area contributed by atoms with Gasteiger partial charge in [0.1, 0.15) is 12.7 Å². The van der Waals surface area contributed by atoms with Gasteiger partial charge in [-0.3, -0.25) is 19.2 Å². The number of carbonyl (C=O) groups is 4. The Balaban J connectivity index is 2.28. The summed E-state index contributed by atoms with van der Waals surface area (Å²) in [5.41, 5.74) is 0.947. The van der Waals surface area contributed by atoms with Crippen molar-refractivity contribution >= 4 is 30.0 Å². The fraction of sp³-hybridized carbons (Fsp3) is 0.478. The van der Waals surface area contributed by atoms with Gasteiger partial charge in [-0.15, -0.1) is 0 Å². The summed E-state index contributed by atoms with van der Waals surface area (Å²) in [4.78, 5) is 46.6. The number of benzene rings is 1. The van der Waals surface area contributed by atoms with Crippen LogP contribution in [0.1, 0.15) is 33.3 Å². The van der Waals surface area contributed by atoms with Crippen LogP contribution in [0.4, 0.5) is 0 Å². The molecule has 5 atom stereocenters. The number of hydrogen-bond acceptors (Lipinski definition) is 10. The largest absolute Gasteiger partial charge is 0.463 e. The van der Waals surface area contributed by atoms with Crippen LogP contribution in [0.3, 0.4) is 0 Å². The second-order valence-electron chi connectivity index (χ2n) is 7.21. The molecule has 3 unspecified atom stereocenters. The van der Waals surface area contributed by atoms with Crippen molar-refractivity contribution in [3.63, 3.8) is 0 Å². The minimum absolute atomic E-state index is 0.0582. The third kappa shape index (κ3) is 8.66. The molecule has 10 nitrogen and oxygen atoms in total. The van der Waals surface area contributed by atoms with Crippen LogP contribution in [-0.4, -0.2) is 67.8 Å². The molecular weight excluding hydrogens is 436 g/mol. The fourth-order valence-electron chi connectivity index (χ4n) is 3.22. The second-order valence-corrected chi connectivity index (χ2v) is 7.21. The molecule has 0 N–H and O–H groups in total. The molecule has 1 aromatic carbocycles. The van der Waals surface area contributed by atoms with Crippen LogP contribution in [0, 0.1) is 0 Å². The van der Waals surface area contributed by atoms with Crippen molar-refractivity contribution in [1.82, 2.24) is 0 Å². The third-order valence-electron chi connectivity index (χ3n) is 4.41. The van der Waals surface area contributed by atoms with Gasteiger partial charge in [-0.1, -0.05) is 42.5 Å². The summed E-state index contributed by atoms with van der Waals surface area (Å²) < 4.78 is 32.6. The van der Waals surface area contributed by atoms with E-state index in [1.54, 1.807) is 6.08 Å². The molecule has 1 fully saturated rings. The molecule has 180 valence electrons. The van der Waals surface area contributed by atoms with Crippen molar-refractivity contribution in [2.45, 2.75) is 58.4 Å². The summed E-state index contributed by atoms with van der Waals surface area (Å²) in [6.07, 6.45) is -2.41. The van der Waals surface area contributed by atoms with E-state index in [1.165, 1.54) is 13.8 Å². The second kappa shape index (κ2) is 12.7. The van der Waals surface area contributed by atoms with E-state index in [0.29, 0.717) is 0 Å². The minimum Gasteiger partial charge on any atom is -0.463 e. The quantitative estimate of drug-likeness (QED) is 0.395. The Kier molecular flexibility index (Phi) is 10.0. The lowest BCUT2D eigenvalue weighted by Crippen LogP contribution is -2.62. The van der Waals surface area contributed by atoms with Crippen LogP contribution in [0.2, 0.25) is 0 Å². The average Bonchev–Trinajstić information content (AvgIpc) is 2.73. The van der Waals surface area contributed by atoms with Crippen LogP contribution in [0.25, 0.3) is 6.08 Å². The van der Waals surface area contributed by atoms with E-state index in [9.17, 15) is 19.2 Å². The van der Waals surface area contributed by atoms with Gasteiger partial charge in [-0.25, -0.2) is 0 Å². The molecule has 10 heteroatoms. The van der Waals surface area contributed by atoms with Gasteiger partial charge in [0, 0.05) is 27.7 Å². The topological polar surface area (TPSA) is 124 Å². The van der Waals surface area contributed by atoms with E-state index < -0.39 is 54.6 Å². The first kappa shape index (κ1) is 26.0. The molecule has 1 aromatic rings. The van der Waals surface area contributed by atoms with Gasteiger partial charge in [0.25, 0.3) is 0 Å². The molecule has 0 bridgehead atoms. The van der Waals surface area contributed by atoms with Crippen molar-refractivity contribution < 1.29 is 47.6 Å². The molecule has 2 rings (SSSR count). The summed E-state index contributed by atoms with van der Waals surface area (Å²) in [6, 6.07) is 9.49. The Morgan fingerprint density at radius 2 is 1.39 bits per heavy atom. The van der Waals surface area contributed by atoms with E-state index in [4.69, 9.17) is 28.4 Å². The lowest BCUT2D eigenvalue weighted by Gasteiger charge is -2.43. The zero-order valence-corrected chi connectivity index (χ0v) is 18.9. The number of esters is 4. The van der Waals surface area contributed by atoms with Gasteiger partial charge in [-0.2, -0.15) is 0 Å². The maximum atomic E-state index is 11.8. The normalized spacial score (nSPS) is 24.7. The van der Waals surface area contributed by atoms with Gasteiger partial charge in [0.05, 0.1) is 6.61 Å². The van der Waals surface area contributed by atoms with Gasteiger partial charge < -0.3 is 28.4 Å². The van der Waals surface area contributed by atoms with Gasteiger partial charge in [0.2, 0.25) is 0 Å². The van der Waals surface area contributed by atoms with Crippen LogP contribution in [0.15, 0.2) is 36.4 Å². The molecule has 1 saturated heterocycles. The molecule has 1 aliphatic heterocycles. The standard InChI is InChI=1S/C23H28O10/c1-14(24)29-13-19-20(30-15(2)25)21(31-16(3)26)22(32-17(4)27)23(33-19)28-12-8-11-18-9-6-5-7-10-18/h5-11,19-23H,12-13H2,1-4H3/b11-8+/t19?,20-,21?,22?,23-/m1/s1. The average molecular weight is 464 g/mol. The predicted octanol–water partition coefficient (Wildman–Crippen LogP) is 1.80. The zero-order chi connectivity index (χ0) is 24.4. The minimum atomic E-state index is -1.26. The van der Waals surface area contributed by atoms with Crippen LogP contribution in [-0.2, 0) is 47.6 Å². The number of rotatable bonds is 9. The van der Waals surface area contributed by atoms with Gasteiger partial charge in [0.15, 0.2) is 24.6 Å². The monoisotopic (exact) mass is 464 g/mol. The van der Waals surface area contributed by atoms with E-state index in [2.05, 4.69) is 0 Å². The lowest BCUT2D eigenvalue weighted by atomic mass is 9.98. The highest BCUT2D eigenvalue weighted by Gasteiger charge is 2.52. The highest BCUT2D eigenvalue weighted by molar-refractivity contribution is 5.68. The highest BCUT2D eigenvalue weighted by atomic mass is 16.7. The first-order valence-corrected chi connectivity index (χ1v) is 10.3. The Morgan fingerprint density at radius 1 is 0.818 bits per heavy atom. The maximum Gasteiger partial charge on any atom is 0.303 e. The third-order valence-corrected chi connectivity index (χ3v) is 4.41. The van der Waals surface area contributed by atoms with Crippen molar-refractivity contribution in [3.05, 3.63) is 42.0 Å². The van der Waals surface area contributed by atoms with Crippen molar-refractivity contribution in [3.8, 4) is 0 Å². The van der Waals surface area contributed by atoms with Crippen LogP contribution >= 0.6 is 0 Å². The zero-order valence-electron chi connectivity index (χ0n) is 18.9. The first-order chi connectivity index (χ1) is 15.7. The Morgan fingerprint density at radius 3 is 1.97 bits per heavy atom. The van der Waals surface area contributed by atoms with Gasteiger partial charge >= 0.3 is 23.9 Å². The summed E-state index contributed by atoms with van der Waals surface area (Å²) >= 11 is 0. The predicted molar refractivity (Wildman–Crippen MR) is 113 cm³/mol. The van der Waals surface area contributed by atoms with Gasteiger partial charge in [-0.05, 0) is 5.56 Å². The number of hydrogen-bond donors (Lipinski definition) is 0. The summed E-state index contributed by atoms with van der Waals surface area (Å²) in [7, 11) is 0. The SMILES string of the molecule is CC(=O)OCC1O[C@@H](OC/C=C/c2ccccc2)C(OC(C)=O)C(OC(C)=O)[C@@H]1OC(C)=O. The van der Waals surface area contributed by atoms with E-state index in [-0.39, 0.29) is 13.2 Å². The summed E-state index contributed by atoms with van der Waals surface area (Å²) in [6.45, 7) is 4.44. The molecule has 0 radical (unpaired) electrons. The molecular formula is C23H28O10. The Labute approximate surface area is 191 Å². The van der Waals surface area contributed by atoms with Crippen molar-refractivity contribution in [2.24, 2.45) is 0 Å². The van der Waals surface area contributed by atoms with E-state index >= 15 is 0 Å². The summed E-state index contributed by atoms with van der Waals surface area (Å²) in [5, 5.41) is 0. The molecule has 1 aliphatic rings. The van der Waals surface area contributed by atoms with Crippen LogP contribution < -0.4 is 0 Å². The first-order valence-electron chi connectivity index (χ1n) is 10.3. The molecule has 33 heavy (non-hydrogen) atoms. The maximum absolute atomic E-state index is 11.8. The van der Waals surface area contributed by atoms with E-state index in [0.717, 1.165) is 19.4 Å². The summed E-state index contributed by atoms with van der Waals surface area (Å²) in [5.74, 6) is -2.67. The molecule has 0 saturated carbocycles.